The maximum atomic E-state index is 12.5. The van der Waals surface area contributed by atoms with Crippen LogP contribution in [0.4, 0.5) is 5.82 Å². The number of carbonyl (C=O) groups is 2. The number of carbonyl (C=O) groups excluding carboxylic acids is 2. The van der Waals surface area contributed by atoms with Gasteiger partial charge in [-0.05, 0) is 44.6 Å². The van der Waals surface area contributed by atoms with E-state index in [1.807, 2.05) is 31.2 Å². The van der Waals surface area contributed by atoms with Crippen molar-refractivity contribution in [2.45, 2.75) is 38.7 Å². The predicted octanol–water partition coefficient (Wildman–Crippen LogP) is 2.71. The molecule has 1 aliphatic rings. The van der Waals surface area contributed by atoms with E-state index in [2.05, 4.69) is 29.4 Å². The molecule has 7 nitrogen and oxygen atoms in total. The molecule has 0 unspecified atom stereocenters. The maximum Gasteiger partial charge on any atom is 0.314 e. The summed E-state index contributed by atoms with van der Waals surface area (Å²) >= 11 is 1.76. The molecule has 0 bridgehead atoms. The fraction of sp³-hybridized carbons (Fsp3) is 0.476. The van der Waals surface area contributed by atoms with Crippen molar-refractivity contribution in [3.8, 4) is 5.69 Å². The number of nitrogens with one attached hydrogen (secondary N) is 2. The summed E-state index contributed by atoms with van der Waals surface area (Å²) in [5.41, 5.74) is 3.92. The highest BCUT2D eigenvalue weighted by atomic mass is 32.2. The van der Waals surface area contributed by atoms with E-state index in [0.29, 0.717) is 12.4 Å². The van der Waals surface area contributed by atoms with Gasteiger partial charge in [0.05, 0.1) is 11.4 Å². The highest BCUT2D eigenvalue weighted by Gasteiger charge is 2.26. The Morgan fingerprint density at radius 2 is 1.93 bits per heavy atom. The molecule has 0 spiro atoms. The Morgan fingerprint density at radius 3 is 2.66 bits per heavy atom. The molecule has 1 aromatic carbocycles. The fourth-order valence-corrected chi connectivity index (χ4v) is 4.44. The molecule has 3 rings (SSSR count). The minimum absolute atomic E-state index is 0.480. The molecule has 1 aliphatic heterocycles. The molecule has 1 aromatic heterocycles. The summed E-state index contributed by atoms with van der Waals surface area (Å²) in [5.74, 6) is 0.933. The third kappa shape index (κ3) is 5.00. The molecular formula is C21H29N5O2S. The number of hydrogen-bond acceptors (Lipinski definition) is 5. The lowest BCUT2D eigenvalue weighted by Crippen LogP contribution is -2.37. The lowest BCUT2D eigenvalue weighted by atomic mass is 10.2. The normalized spacial score (nSPS) is 12.8. The zero-order chi connectivity index (χ0) is 20.8. The number of nitrogens with zero attached hydrogens (tertiary/aromatic N) is 3. The Bertz CT molecular complexity index is 876. The van der Waals surface area contributed by atoms with Gasteiger partial charge in [0.15, 0.2) is 0 Å². The van der Waals surface area contributed by atoms with Gasteiger partial charge in [0.1, 0.15) is 5.82 Å². The monoisotopic (exact) mass is 415 g/mol. The van der Waals surface area contributed by atoms with E-state index in [9.17, 15) is 9.59 Å². The summed E-state index contributed by atoms with van der Waals surface area (Å²) in [4.78, 5) is 27.1. The highest BCUT2D eigenvalue weighted by Crippen LogP contribution is 2.36. The molecule has 0 fully saturated rings. The van der Waals surface area contributed by atoms with Crippen LogP contribution in [0, 0.1) is 6.92 Å². The first kappa shape index (κ1) is 21.4. The van der Waals surface area contributed by atoms with Gasteiger partial charge < -0.3 is 15.5 Å². The average Bonchev–Trinajstić information content (AvgIpc) is 3.31. The van der Waals surface area contributed by atoms with Crippen LogP contribution in [-0.4, -0.2) is 52.7 Å². The van der Waals surface area contributed by atoms with Gasteiger partial charge in [0, 0.05) is 23.6 Å². The van der Waals surface area contributed by atoms with E-state index in [-0.39, 0.29) is 0 Å². The Labute approximate surface area is 176 Å². The van der Waals surface area contributed by atoms with E-state index < -0.39 is 11.8 Å². The van der Waals surface area contributed by atoms with Gasteiger partial charge in [-0.3, -0.25) is 9.59 Å². The van der Waals surface area contributed by atoms with Gasteiger partial charge in [-0.25, -0.2) is 4.68 Å². The first-order valence-electron chi connectivity index (χ1n) is 10.1. The molecule has 2 aromatic rings. The van der Waals surface area contributed by atoms with Crippen molar-refractivity contribution in [1.29, 1.82) is 0 Å². The number of anilines is 1. The minimum atomic E-state index is -0.651. The van der Waals surface area contributed by atoms with Gasteiger partial charge in [-0.1, -0.05) is 32.0 Å². The number of aryl methyl sites for hydroxylation is 1. The molecule has 8 heteroatoms. The van der Waals surface area contributed by atoms with E-state index in [0.717, 1.165) is 60.1 Å². The van der Waals surface area contributed by atoms with Crippen LogP contribution >= 0.6 is 11.8 Å². The smallest absolute Gasteiger partial charge is 0.314 e. The molecular weight excluding hydrogens is 386 g/mol. The third-order valence-electron chi connectivity index (χ3n) is 5.16. The first-order valence-corrected chi connectivity index (χ1v) is 11.3. The number of para-hydroxylation sites is 1. The van der Waals surface area contributed by atoms with Crippen molar-refractivity contribution < 1.29 is 9.59 Å². The quantitative estimate of drug-likeness (QED) is 0.512. The van der Waals surface area contributed by atoms with Crippen LogP contribution in [0.3, 0.4) is 0 Å². The fourth-order valence-electron chi connectivity index (χ4n) is 3.41. The van der Waals surface area contributed by atoms with Crippen LogP contribution in [0.1, 0.15) is 37.1 Å². The van der Waals surface area contributed by atoms with Crippen molar-refractivity contribution in [2.24, 2.45) is 0 Å². The first-order chi connectivity index (χ1) is 14.0. The zero-order valence-electron chi connectivity index (χ0n) is 17.3. The number of hydrogen-bond donors (Lipinski definition) is 2. The molecule has 29 heavy (non-hydrogen) atoms. The lowest BCUT2D eigenvalue weighted by Gasteiger charge is -2.17. The molecule has 2 amide bonds. The number of fused-ring (bicyclic) bond motifs is 1. The maximum absolute atomic E-state index is 12.5. The second-order valence-corrected chi connectivity index (χ2v) is 8.04. The number of thioether (sulfide) groups is 1. The molecule has 156 valence electrons. The van der Waals surface area contributed by atoms with E-state index in [1.54, 1.807) is 16.4 Å². The number of amides is 2. The van der Waals surface area contributed by atoms with E-state index >= 15 is 0 Å². The van der Waals surface area contributed by atoms with Gasteiger partial charge in [-0.2, -0.15) is 16.9 Å². The van der Waals surface area contributed by atoms with Crippen molar-refractivity contribution in [2.75, 3.05) is 31.5 Å². The second-order valence-electron chi connectivity index (χ2n) is 7.06. The summed E-state index contributed by atoms with van der Waals surface area (Å²) in [7, 11) is 0. The minimum Gasteiger partial charge on any atom is -0.348 e. The zero-order valence-corrected chi connectivity index (χ0v) is 18.1. The molecule has 0 saturated heterocycles. The average molecular weight is 416 g/mol. The van der Waals surface area contributed by atoms with Gasteiger partial charge in [-0.15, -0.1) is 0 Å². The third-order valence-corrected chi connectivity index (χ3v) is 6.14. The van der Waals surface area contributed by atoms with Crippen LogP contribution in [0.25, 0.3) is 5.69 Å². The van der Waals surface area contributed by atoms with Crippen LogP contribution in [0.15, 0.2) is 24.3 Å². The van der Waals surface area contributed by atoms with Gasteiger partial charge in [0.25, 0.3) is 0 Å². The van der Waals surface area contributed by atoms with Crippen molar-refractivity contribution in [3.63, 3.8) is 0 Å². The standard InChI is InChI=1S/C21H29N5O2S/c1-4-25(5-2)12-8-11-22-20(27)21(28)23-19-16-13-29-14-17(16)24-26(19)18-10-7-6-9-15(18)3/h6-7,9-10H,4-5,8,11-14H2,1-3H3,(H,22,27)(H,23,28). The molecule has 2 N–H and O–H groups in total. The van der Waals surface area contributed by atoms with Crippen LogP contribution in [0.5, 0.6) is 0 Å². The lowest BCUT2D eigenvalue weighted by molar-refractivity contribution is -0.136. The number of aromatic nitrogens is 2. The van der Waals surface area contributed by atoms with Gasteiger partial charge >= 0.3 is 11.8 Å². The number of rotatable bonds is 8. The Morgan fingerprint density at radius 1 is 1.17 bits per heavy atom. The Hall–Kier alpha value is -2.32. The molecule has 0 saturated carbocycles. The number of benzene rings is 1. The summed E-state index contributed by atoms with van der Waals surface area (Å²) < 4.78 is 1.76. The second kappa shape index (κ2) is 9.93. The Balaban J connectivity index is 1.67. The molecule has 2 heterocycles. The van der Waals surface area contributed by atoms with Gasteiger partial charge in [0.2, 0.25) is 0 Å². The van der Waals surface area contributed by atoms with Crippen molar-refractivity contribution >= 4 is 29.4 Å². The SMILES string of the molecule is CCN(CC)CCCNC(=O)C(=O)Nc1c2c(nn1-c1ccccc1C)CSC2. The van der Waals surface area contributed by atoms with Crippen LogP contribution in [-0.2, 0) is 21.1 Å². The van der Waals surface area contributed by atoms with E-state index in [4.69, 9.17) is 5.10 Å². The van der Waals surface area contributed by atoms with Crippen LogP contribution < -0.4 is 10.6 Å². The summed E-state index contributed by atoms with van der Waals surface area (Å²) in [6.45, 7) is 9.58. The molecule has 0 atom stereocenters. The summed E-state index contributed by atoms with van der Waals surface area (Å²) in [5, 5.41) is 10.2. The molecule has 0 radical (unpaired) electrons. The summed E-state index contributed by atoms with van der Waals surface area (Å²) in [6.07, 6.45) is 0.813. The predicted molar refractivity (Wildman–Crippen MR) is 117 cm³/mol. The summed E-state index contributed by atoms with van der Waals surface area (Å²) in [6, 6.07) is 7.88. The molecule has 0 aliphatic carbocycles. The van der Waals surface area contributed by atoms with Crippen LogP contribution in [0.2, 0.25) is 0 Å². The van der Waals surface area contributed by atoms with E-state index in [1.165, 1.54) is 0 Å². The van der Waals surface area contributed by atoms with Crippen molar-refractivity contribution in [1.82, 2.24) is 20.0 Å². The topological polar surface area (TPSA) is 79.3 Å². The largest absolute Gasteiger partial charge is 0.348 e. The van der Waals surface area contributed by atoms with Crippen molar-refractivity contribution in [3.05, 3.63) is 41.1 Å². The Kier molecular flexibility index (Phi) is 7.33. The highest BCUT2D eigenvalue weighted by molar-refractivity contribution is 7.98.